The standard InChI is InChI=1S/C11H25NO3S/c1-10(2)9-11(3)12(4)16(14,15)8-6-5-7-13/h10-11,13H,5-9H2,1-4H3. The minimum Gasteiger partial charge on any atom is -0.396 e. The van der Waals surface area contributed by atoms with E-state index in [9.17, 15) is 8.42 Å². The van der Waals surface area contributed by atoms with Crippen molar-refractivity contribution in [1.29, 1.82) is 0 Å². The summed E-state index contributed by atoms with van der Waals surface area (Å²) < 4.78 is 25.2. The zero-order chi connectivity index (χ0) is 12.8. The summed E-state index contributed by atoms with van der Waals surface area (Å²) in [6.45, 7) is 6.16. The van der Waals surface area contributed by atoms with Crippen LogP contribution in [0.1, 0.15) is 40.0 Å². The molecule has 4 nitrogen and oxygen atoms in total. The Morgan fingerprint density at radius 3 is 2.19 bits per heavy atom. The SMILES string of the molecule is CC(C)CC(C)N(C)S(=O)(=O)CCCCO. The summed E-state index contributed by atoms with van der Waals surface area (Å²) in [4.78, 5) is 0. The van der Waals surface area contributed by atoms with Gasteiger partial charge in [0.15, 0.2) is 0 Å². The molecule has 1 unspecified atom stereocenters. The fourth-order valence-corrected chi connectivity index (χ4v) is 3.14. The highest BCUT2D eigenvalue weighted by molar-refractivity contribution is 7.89. The van der Waals surface area contributed by atoms with Crippen LogP contribution in [-0.4, -0.2) is 43.3 Å². The van der Waals surface area contributed by atoms with Crippen LogP contribution in [0.3, 0.4) is 0 Å². The minimum atomic E-state index is -3.16. The Morgan fingerprint density at radius 2 is 1.75 bits per heavy atom. The molecular formula is C11H25NO3S. The van der Waals surface area contributed by atoms with Crippen LogP contribution >= 0.6 is 0 Å². The second kappa shape index (κ2) is 7.25. The fraction of sp³-hybridized carbons (Fsp3) is 1.00. The van der Waals surface area contributed by atoms with Gasteiger partial charge in [0.25, 0.3) is 0 Å². The number of hydrogen-bond acceptors (Lipinski definition) is 3. The molecule has 0 aromatic rings. The summed E-state index contributed by atoms with van der Waals surface area (Å²) in [6, 6.07) is 0.0409. The predicted octanol–water partition coefficient (Wildman–Crippen LogP) is 1.46. The van der Waals surface area contributed by atoms with Gasteiger partial charge < -0.3 is 5.11 Å². The molecule has 5 heteroatoms. The Kier molecular flexibility index (Phi) is 7.19. The summed E-state index contributed by atoms with van der Waals surface area (Å²) in [7, 11) is -1.51. The third-order valence-corrected chi connectivity index (χ3v) is 4.72. The first-order valence-electron chi connectivity index (χ1n) is 5.87. The molecule has 0 aromatic heterocycles. The maximum Gasteiger partial charge on any atom is 0.214 e. The van der Waals surface area contributed by atoms with Crippen LogP contribution in [0.5, 0.6) is 0 Å². The van der Waals surface area contributed by atoms with Gasteiger partial charge in [0, 0.05) is 19.7 Å². The van der Waals surface area contributed by atoms with Crippen molar-refractivity contribution in [1.82, 2.24) is 4.31 Å². The van der Waals surface area contributed by atoms with E-state index in [0.29, 0.717) is 18.8 Å². The Labute approximate surface area is 99.7 Å². The first kappa shape index (κ1) is 15.9. The Balaban J connectivity index is 4.27. The maximum atomic E-state index is 11.9. The van der Waals surface area contributed by atoms with E-state index < -0.39 is 10.0 Å². The molecule has 0 bridgehead atoms. The van der Waals surface area contributed by atoms with Gasteiger partial charge in [-0.1, -0.05) is 13.8 Å². The summed E-state index contributed by atoms with van der Waals surface area (Å²) in [5.74, 6) is 0.622. The van der Waals surface area contributed by atoms with Gasteiger partial charge in [-0.25, -0.2) is 12.7 Å². The largest absolute Gasteiger partial charge is 0.396 e. The fourth-order valence-electron chi connectivity index (χ4n) is 1.65. The van der Waals surface area contributed by atoms with Crippen LogP contribution in [-0.2, 0) is 10.0 Å². The van der Waals surface area contributed by atoms with Gasteiger partial charge in [-0.3, -0.25) is 0 Å². The lowest BCUT2D eigenvalue weighted by Gasteiger charge is -2.25. The molecule has 0 aromatic carbocycles. The monoisotopic (exact) mass is 251 g/mol. The van der Waals surface area contributed by atoms with E-state index in [4.69, 9.17) is 5.11 Å². The van der Waals surface area contributed by atoms with Crippen molar-refractivity contribution in [2.24, 2.45) is 5.92 Å². The van der Waals surface area contributed by atoms with Crippen molar-refractivity contribution in [3.05, 3.63) is 0 Å². The van der Waals surface area contributed by atoms with Crippen LogP contribution in [0.4, 0.5) is 0 Å². The van der Waals surface area contributed by atoms with E-state index >= 15 is 0 Å². The van der Waals surface area contributed by atoms with Crippen molar-refractivity contribution in [3.63, 3.8) is 0 Å². The molecule has 0 aliphatic carbocycles. The van der Waals surface area contributed by atoms with Crippen molar-refractivity contribution in [2.75, 3.05) is 19.4 Å². The molecule has 16 heavy (non-hydrogen) atoms. The summed E-state index contributed by atoms with van der Waals surface area (Å²) >= 11 is 0. The normalized spacial score (nSPS) is 14.7. The Bertz CT molecular complexity index is 275. The number of unbranched alkanes of at least 4 members (excludes halogenated alkanes) is 1. The molecule has 0 aliphatic rings. The van der Waals surface area contributed by atoms with Gasteiger partial charge in [0.1, 0.15) is 0 Å². The average Bonchev–Trinajstić information content (AvgIpc) is 2.15. The molecule has 1 N–H and O–H groups in total. The van der Waals surface area contributed by atoms with Gasteiger partial charge >= 0.3 is 0 Å². The van der Waals surface area contributed by atoms with Gasteiger partial charge in [0.2, 0.25) is 10.0 Å². The highest BCUT2D eigenvalue weighted by Gasteiger charge is 2.22. The molecule has 1 atom stereocenters. The number of aliphatic hydroxyl groups is 1. The third kappa shape index (κ3) is 5.82. The first-order chi connectivity index (χ1) is 7.31. The lowest BCUT2D eigenvalue weighted by Crippen LogP contribution is -2.37. The first-order valence-corrected chi connectivity index (χ1v) is 7.48. The lowest BCUT2D eigenvalue weighted by atomic mass is 10.1. The lowest BCUT2D eigenvalue weighted by molar-refractivity contribution is 0.286. The van der Waals surface area contributed by atoms with Crippen molar-refractivity contribution in [3.8, 4) is 0 Å². The number of hydrogen-bond donors (Lipinski definition) is 1. The molecule has 98 valence electrons. The number of aliphatic hydroxyl groups excluding tert-OH is 1. The number of nitrogens with zero attached hydrogens (tertiary/aromatic N) is 1. The summed E-state index contributed by atoms with van der Waals surface area (Å²) in [6.07, 6.45) is 1.94. The molecule has 0 spiro atoms. The molecular weight excluding hydrogens is 226 g/mol. The average molecular weight is 251 g/mol. The van der Waals surface area contributed by atoms with Crippen molar-refractivity contribution >= 4 is 10.0 Å². The molecule has 0 rings (SSSR count). The van der Waals surface area contributed by atoms with Crippen LogP contribution in [0.2, 0.25) is 0 Å². The highest BCUT2D eigenvalue weighted by atomic mass is 32.2. The second-order valence-electron chi connectivity index (χ2n) is 4.74. The van der Waals surface area contributed by atoms with E-state index in [1.54, 1.807) is 7.05 Å². The van der Waals surface area contributed by atoms with Crippen molar-refractivity contribution < 1.29 is 13.5 Å². The van der Waals surface area contributed by atoms with Crippen LogP contribution < -0.4 is 0 Å². The zero-order valence-corrected chi connectivity index (χ0v) is 11.6. The third-order valence-electron chi connectivity index (χ3n) is 2.68. The van der Waals surface area contributed by atoms with Crippen LogP contribution in [0.15, 0.2) is 0 Å². The van der Waals surface area contributed by atoms with Gasteiger partial charge in [-0.05, 0) is 32.1 Å². The van der Waals surface area contributed by atoms with E-state index in [-0.39, 0.29) is 18.4 Å². The van der Waals surface area contributed by atoms with E-state index in [2.05, 4.69) is 13.8 Å². The van der Waals surface area contributed by atoms with Crippen LogP contribution in [0, 0.1) is 5.92 Å². The van der Waals surface area contributed by atoms with Gasteiger partial charge in [-0.2, -0.15) is 0 Å². The predicted molar refractivity (Wildman–Crippen MR) is 66.8 cm³/mol. The van der Waals surface area contributed by atoms with E-state index in [1.807, 2.05) is 6.92 Å². The Hall–Kier alpha value is -0.130. The molecule has 0 aliphatic heterocycles. The molecule has 0 saturated heterocycles. The van der Waals surface area contributed by atoms with Gasteiger partial charge in [0.05, 0.1) is 5.75 Å². The van der Waals surface area contributed by atoms with E-state index in [1.165, 1.54) is 4.31 Å². The van der Waals surface area contributed by atoms with Crippen molar-refractivity contribution in [2.45, 2.75) is 46.1 Å². The molecule has 0 fully saturated rings. The summed E-state index contributed by atoms with van der Waals surface area (Å²) in [5, 5.41) is 8.62. The second-order valence-corrected chi connectivity index (χ2v) is 6.89. The summed E-state index contributed by atoms with van der Waals surface area (Å²) in [5.41, 5.74) is 0. The Morgan fingerprint density at radius 1 is 1.19 bits per heavy atom. The number of rotatable bonds is 8. The smallest absolute Gasteiger partial charge is 0.214 e. The minimum absolute atomic E-state index is 0.0409. The molecule has 0 heterocycles. The molecule has 0 saturated carbocycles. The zero-order valence-electron chi connectivity index (χ0n) is 10.8. The van der Waals surface area contributed by atoms with Gasteiger partial charge in [-0.15, -0.1) is 0 Å². The quantitative estimate of drug-likeness (QED) is 0.664. The topological polar surface area (TPSA) is 57.6 Å². The highest BCUT2D eigenvalue weighted by Crippen LogP contribution is 2.14. The molecule has 0 radical (unpaired) electrons. The maximum absolute atomic E-state index is 11.9. The number of sulfonamides is 1. The molecule has 0 amide bonds. The van der Waals surface area contributed by atoms with Crippen LogP contribution in [0.25, 0.3) is 0 Å². The van der Waals surface area contributed by atoms with E-state index in [0.717, 1.165) is 6.42 Å².